The second-order valence-electron chi connectivity index (χ2n) is 7.63. The molecule has 2 atom stereocenters. The number of allylic oxidation sites excluding steroid dienone is 1. The third kappa shape index (κ3) is 3.04. The number of rotatable bonds is 4. The first-order valence-corrected chi connectivity index (χ1v) is 9.80. The highest BCUT2D eigenvalue weighted by Gasteiger charge is 2.44. The van der Waals surface area contributed by atoms with Crippen molar-refractivity contribution in [1.82, 2.24) is 10.4 Å². The maximum atomic E-state index is 12.8. The van der Waals surface area contributed by atoms with Gasteiger partial charge in [0.25, 0.3) is 5.91 Å². The van der Waals surface area contributed by atoms with Gasteiger partial charge in [-0.25, -0.2) is 5.43 Å². The van der Waals surface area contributed by atoms with Crippen molar-refractivity contribution in [3.8, 4) is 5.75 Å². The molecule has 1 saturated carbocycles. The number of benzene rings is 2. The molecule has 2 heterocycles. The molecule has 7 nitrogen and oxygen atoms in total. The van der Waals surface area contributed by atoms with E-state index < -0.39 is 0 Å². The maximum absolute atomic E-state index is 12.8. The molecule has 7 heteroatoms. The van der Waals surface area contributed by atoms with E-state index in [9.17, 15) is 14.7 Å². The summed E-state index contributed by atoms with van der Waals surface area (Å²) in [5.41, 5.74) is 7.04. The van der Waals surface area contributed by atoms with Gasteiger partial charge in [-0.05, 0) is 55.2 Å². The lowest BCUT2D eigenvalue weighted by Crippen LogP contribution is -2.18. The van der Waals surface area contributed by atoms with Gasteiger partial charge < -0.3 is 15.4 Å². The fraction of sp³-hybridized carbons (Fsp3) is 0.174. The summed E-state index contributed by atoms with van der Waals surface area (Å²) in [5, 5.41) is 17.2. The van der Waals surface area contributed by atoms with Gasteiger partial charge in [-0.3, -0.25) is 9.59 Å². The highest BCUT2D eigenvalue weighted by molar-refractivity contribution is 6.17. The number of anilines is 1. The van der Waals surface area contributed by atoms with Crippen LogP contribution in [0.25, 0.3) is 17.0 Å². The molecule has 1 aromatic heterocycles. The van der Waals surface area contributed by atoms with E-state index in [1.165, 1.54) is 0 Å². The van der Waals surface area contributed by atoms with Crippen LogP contribution in [0, 0.1) is 5.92 Å². The summed E-state index contributed by atoms with van der Waals surface area (Å²) in [4.78, 5) is 28.6. The van der Waals surface area contributed by atoms with Crippen LogP contribution in [0.4, 0.5) is 5.69 Å². The molecule has 2 amide bonds. The van der Waals surface area contributed by atoms with Crippen LogP contribution in [0.1, 0.15) is 46.4 Å². The van der Waals surface area contributed by atoms with Crippen molar-refractivity contribution in [2.75, 3.05) is 5.32 Å². The van der Waals surface area contributed by atoms with Gasteiger partial charge in [-0.2, -0.15) is 5.10 Å². The number of aromatic nitrogens is 1. The summed E-state index contributed by atoms with van der Waals surface area (Å²) in [6.07, 6.45) is 6.23. The smallest absolute Gasteiger partial charge is 0.272 e. The Morgan fingerprint density at radius 2 is 2.07 bits per heavy atom. The van der Waals surface area contributed by atoms with Gasteiger partial charge in [0.15, 0.2) is 0 Å². The third-order valence-corrected chi connectivity index (χ3v) is 5.62. The van der Waals surface area contributed by atoms with Gasteiger partial charge in [0, 0.05) is 33.8 Å². The number of aromatic amines is 1. The summed E-state index contributed by atoms with van der Waals surface area (Å²) in [6, 6.07) is 10.5. The number of nitrogens with one attached hydrogen (secondary N) is 3. The molecule has 0 radical (unpaired) electrons. The molecule has 0 bridgehead atoms. The number of H-pyrrole nitrogens is 1. The molecule has 1 fully saturated rings. The number of hydrogen-bond acceptors (Lipinski definition) is 4. The molecular weight excluding hydrogens is 380 g/mol. The van der Waals surface area contributed by atoms with E-state index >= 15 is 0 Å². The third-order valence-electron chi connectivity index (χ3n) is 5.62. The number of phenolic OH excluding ortho intramolecular Hbond substituents is 1. The lowest BCUT2D eigenvalue weighted by atomic mass is 10.0. The maximum Gasteiger partial charge on any atom is 0.272 e. The van der Waals surface area contributed by atoms with Gasteiger partial charge in [-0.15, -0.1) is 0 Å². The largest absolute Gasteiger partial charge is 0.508 e. The Hall–Kier alpha value is -3.87. The second-order valence-corrected chi connectivity index (χ2v) is 7.63. The monoisotopic (exact) mass is 400 g/mol. The predicted octanol–water partition coefficient (Wildman–Crippen LogP) is 3.73. The van der Waals surface area contributed by atoms with Crippen molar-refractivity contribution < 1.29 is 14.7 Å². The minimum atomic E-state index is -0.314. The fourth-order valence-electron chi connectivity index (χ4n) is 4.09. The van der Waals surface area contributed by atoms with Crippen molar-refractivity contribution in [3.05, 3.63) is 64.9 Å². The van der Waals surface area contributed by atoms with E-state index in [0.29, 0.717) is 11.3 Å². The van der Waals surface area contributed by atoms with Crippen molar-refractivity contribution in [1.29, 1.82) is 0 Å². The van der Waals surface area contributed by atoms with E-state index in [1.54, 1.807) is 24.4 Å². The zero-order chi connectivity index (χ0) is 20.8. The number of aromatic hydroxyl groups is 1. The van der Waals surface area contributed by atoms with E-state index in [4.69, 9.17) is 0 Å². The van der Waals surface area contributed by atoms with E-state index in [-0.39, 0.29) is 29.4 Å². The Balaban J connectivity index is 1.44. The van der Waals surface area contributed by atoms with Crippen LogP contribution >= 0.6 is 0 Å². The first kappa shape index (κ1) is 18.2. The molecule has 1 aliphatic heterocycles. The Morgan fingerprint density at radius 3 is 2.83 bits per heavy atom. The van der Waals surface area contributed by atoms with Crippen LogP contribution in [0.15, 0.2) is 47.6 Å². The Morgan fingerprint density at radius 1 is 1.27 bits per heavy atom. The number of hydrogen-bond donors (Lipinski definition) is 4. The number of carbonyl (C=O) groups is 2. The standard InChI is InChI=1S/C23H20N4O3/c1-2-3-19-18-11-24-27-23(30)17-8-13(9-20(26-19)21(17)18)25-22(29)16-10-15(16)12-4-6-14(28)7-5-12/h2-9,11,15-16,26,28H,10H2,1H3,(H,25,29)(H,27,30)/b3-2+. The summed E-state index contributed by atoms with van der Waals surface area (Å²) >= 11 is 0. The SMILES string of the molecule is C/C=C/c1[nH]c2cc(NC(=O)C3CC3c3ccc(O)cc3)cc3c2c1C=NNC3=O. The van der Waals surface area contributed by atoms with Crippen molar-refractivity contribution in [3.63, 3.8) is 0 Å². The topological polar surface area (TPSA) is 107 Å². The average Bonchev–Trinajstić information content (AvgIpc) is 3.48. The summed E-state index contributed by atoms with van der Waals surface area (Å²) < 4.78 is 0. The Kier molecular flexibility index (Phi) is 4.17. The van der Waals surface area contributed by atoms with Crippen LogP contribution < -0.4 is 10.7 Å². The first-order valence-electron chi connectivity index (χ1n) is 9.80. The molecule has 0 saturated heterocycles. The molecule has 3 aromatic rings. The quantitative estimate of drug-likeness (QED) is 0.536. The molecule has 150 valence electrons. The normalized spacial score (nSPS) is 19.7. The Bertz CT molecular complexity index is 1240. The van der Waals surface area contributed by atoms with Crippen LogP contribution in [-0.2, 0) is 4.79 Å². The van der Waals surface area contributed by atoms with Crippen molar-refractivity contribution in [2.24, 2.45) is 11.0 Å². The minimum absolute atomic E-state index is 0.0784. The second kappa shape index (κ2) is 6.88. The van der Waals surface area contributed by atoms with E-state index in [0.717, 1.165) is 34.1 Å². The van der Waals surface area contributed by atoms with Crippen LogP contribution in [0.2, 0.25) is 0 Å². The van der Waals surface area contributed by atoms with Crippen LogP contribution in [0.5, 0.6) is 5.75 Å². The number of amides is 2. The zero-order valence-corrected chi connectivity index (χ0v) is 16.3. The van der Waals surface area contributed by atoms with Gasteiger partial charge >= 0.3 is 0 Å². The molecule has 2 aliphatic rings. The highest BCUT2D eigenvalue weighted by atomic mass is 16.3. The minimum Gasteiger partial charge on any atom is -0.508 e. The first-order chi connectivity index (χ1) is 14.5. The van der Waals surface area contributed by atoms with Gasteiger partial charge in [0.05, 0.1) is 11.8 Å². The number of phenols is 1. The van der Waals surface area contributed by atoms with Gasteiger partial charge in [0.2, 0.25) is 5.91 Å². The van der Waals surface area contributed by atoms with Crippen molar-refractivity contribution >= 4 is 40.7 Å². The van der Waals surface area contributed by atoms with Gasteiger partial charge in [-0.1, -0.05) is 18.2 Å². The van der Waals surface area contributed by atoms with Crippen LogP contribution in [0.3, 0.4) is 0 Å². The molecule has 0 spiro atoms. The average molecular weight is 400 g/mol. The molecule has 2 unspecified atom stereocenters. The number of hydrazone groups is 1. The molecule has 30 heavy (non-hydrogen) atoms. The number of nitrogens with zero attached hydrogens (tertiary/aromatic N) is 1. The highest BCUT2D eigenvalue weighted by Crippen LogP contribution is 2.48. The summed E-state index contributed by atoms with van der Waals surface area (Å²) in [6.45, 7) is 1.92. The summed E-state index contributed by atoms with van der Waals surface area (Å²) in [5.74, 6) is -0.162. The fourth-order valence-corrected chi connectivity index (χ4v) is 4.09. The summed E-state index contributed by atoms with van der Waals surface area (Å²) in [7, 11) is 0. The molecule has 4 N–H and O–H groups in total. The van der Waals surface area contributed by atoms with Crippen molar-refractivity contribution in [2.45, 2.75) is 19.3 Å². The lowest BCUT2D eigenvalue weighted by molar-refractivity contribution is -0.117. The predicted molar refractivity (Wildman–Crippen MR) is 116 cm³/mol. The molecular formula is C23H20N4O3. The molecule has 2 aromatic carbocycles. The Labute approximate surface area is 172 Å². The lowest BCUT2D eigenvalue weighted by Gasteiger charge is -2.08. The van der Waals surface area contributed by atoms with E-state index in [1.807, 2.05) is 37.3 Å². The zero-order valence-electron chi connectivity index (χ0n) is 16.3. The van der Waals surface area contributed by atoms with Crippen LogP contribution in [-0.4, -0.2) is 28.1 Å². The number of carbonyl (C=O) groups excluding carboxylic acids is 2. The van der Waals surface area contributed by atoms with Gasteiger partial charge in [0.1, 0.15) is 5.75 Å². The molecule has 5 rings (SSSR count). The molecule has 1 aliphatic carbocycles. The van der Waals surface area contributed by atoms with E-state index in [2.05, 4.69) is 20.8 Å².